The second kappa shape index (κ2) is 13.6. The van der Waals surface area contributed by atoms with Crippen molar-refractivity contribution in [2.45, 2.75) is 52.2 Å². The molecule has 0 spiro atoms. The number of sulfonamides is 1. The minimum atomic E-state index is -3.82. The summed E-state index contributed by atoms with van der Waals surface area (Å²) in [4.78, 5) is 29.2. The van der Waals surface area contributed by atoms with Gasteiger partial charge in [0.05, 0.1) is 11.9 Å². The van der Waals surface area contributed by atoms with Crippen molar-refractivity contribution in [3.63, 3.8) is 0 Å². The minimum Gasteiger partial charge on any atom is -0.352 e. The molecule has 0 saturated carbocycles. The van der Waals surface area contributed by atoms with E-state index in [1.807, 2.05) is 75.4 Å². The van der Waals surface area contributed by atoms with Gasteiger partial charge in [-0.2, -0.15) is 0 Å². The molecular formula is C30H36ClN3O4S. The van der Waals surface area contributed by atoms with Crippen LogP contribution in [0, 0.1) is 6.92 Å². The number of nitrogens with zero attached hydrogens (tertiary/aromatic N) is 2. The zero-order chi connectivity index (χ0) is 28.6. The molecule has 1 N–H and O–H groups in total. The molecule has 2 amide bonds. The molecule has 7 nitrogen and oxygen atoms in total. The van der Waals surface area contributed by atoms with E-state index >= 15 is 0 Å². The Morgan fingerprint density at radius 1 is 0.949 bits per heavy atom. The first-order chi connectivity index (χ1) is 18.5. The first-order valence-corrected chi connectivity index (χ1v) is 15.1. The van der Waals surface area contributed by atoms with Crippen LogP contribution in [0.15, 0.2) is 78.9 Å². The number of benzene rings is 3. The Balaban J connectivity index is 2.05. The van der Waals surface area contributed by atoms with Crippen LogP contribution in [0.5, 0.6) is 0 Å². The van der Waals surface area contributed by atoms with Gasteiger partial charge < -0.3 is 10.2 Å². The van der Waals surface area contributed by atoms with Gasteiger partial charge in [0, 0.05) is 24.0 Å². The highest BCUT2D eigenvalue weighted by molar-refractivity contribution is 7.92. The zero-order valence-corrected chi connectivity index (χ0v) is 24.4. The van der Waals surface area contributed by atoms with Gasteiger partial charge >= 0.3 is 0 Å². The third-order valence-corrected chi connectivity index (χ3v) is 7.89. The lowest BCUT2D eigenvalue weighted by Crippen LogP contribution is -2.54. The summed E-state index contributed by atoms with van der Waals surface area (Å²) in [5.41, 5.74) is 3.06. The SMILES string of the molecule is CC[C@@H](C)NC(=O)[C@@H](Cc1ccccc1)N(Cc1cccc(C)c1)C(=O)CN(c1ccc(Cl)cc1)S(C)(=O)=O. The standard InChI is InChI=1S/C30H36ClN3O4S/c1-5-23(3)32-30(36)28(19-24-11-7-6-8-12-24)33(20-25-13-9-10-22(2)18-25)29(35)21-34(39(4,37)38)27-16-14-26(31)15-17-27/h6-18,23,28H,5,19-21H2,1-4H3,(H,32,36)/t23-,28-/m1/s1. The molecule has 39 heavy (non-hydrogen) atoms. The molecule has 0 fully saturated rings. The first kappa shape index (κ1) is 30.2. The van der Waals surface area contributed by atoms with Gasteiger partial charge in [-0.05, 0) is 55.7 Å². The molecule has 9 heteroatoms. The predicted molar refractivity (Wildman–Crippen MR) is 157 cm³/mol. The third kappa shape index (κ3) is 8.83. The molecule has 0 saturated heterocycles. The van der Waals surface area contributed by atoms with Crippen LogP contribution in [0.4, 0.5) is 5.69 Å². The summed E-state index contributed by atoms with van der Waals surface area (Å²) in [6.45, 7) is 5.52. The minimum absolute atomic E-state index is 0.0896. The molecule has 3 aromatic rings. The molecule has 0 bridgehead atoms. The number of aryl methyl sites for hydroxylation is 1. The molecule has 0 aromatic heterocycles. The van der Waals surface area contributed by atoms with E-state index in [0.29, 0.717) is 10.7 Å². The number of rotatable bonds is 12. The molecule has 2 atom stereocenters. The van der Waals surface area contributed by atoms with E-state index < -0.39 is 28.5 Å². The molecule has 0 radical (unpaired) electrons. The van der Waals surface area contributed by atoms with Crippen LogP contribution in [-0.4, -0.2) is 50.0 Å². The molecule has 0 aliphatic heterocycles. The largest absolute Gasteiger partial charge is 0.352 e. The monoisotopic (exact) mass is 569 g/mol. The highest BCUT2D eigenvalue weighted by atomic mass is 35.5. The normalized spacial score (nSPS) is 12.8. The smallest absolute Gasteiger partial charge is 0.244 e. The number of anilines is 1. The summed E-state index contributed by atoms with van der Waals surface area (Å²) >= 11 is 6.01. The summed E-state index contributed by atoms with van der Waals surface area (Å²) in [5.74, 6) is -0.774. The second-order valence-electron chi connectivity index (χ2n) is 9.78. The van der Waals surface area contributed by atoms with E-state index in [4.69, 9.17) is 11.6 Å². The summed E-state index contributed by atoms with van der Waals surface area (Å²) in [6.07, 6.45) is 2.06. The number of nitrogens with one attached hydrogen (secondary N) is 1. The number of carbonyl (C=O) groups excluding carboxylic acids is 2. The lowest BCUT2D eigenvalue weighted by atomic mass is 10.0. The third-order valence-electron chi connectivity index (χ3n) is 6.50. The van der Waals surface area contributed by atoms with E-state index in [1.54, 1.807) is 24.3 Å². The van der Waals surface area contributed by atoms with Gasteiger partial charge in [-0.25, -0.2) is 8.42 Å². The van der Waals surface area contributed by atoms with Crippen LogP contribution in [0.25, 0.3) is 0 Å². The predicted octanol–water partition coefficient (Wildman–Crippen LogP) is 4.97. The van der Waals surface area contributed by atoms with Crippen molar-refractivity contribution in [2.24, 2.45) is 0 Å². The van der Waals surface area contributed by atoms with Crippen LogP contribution in [0.1, 0.15) is 37.0 Å². The molecule has 3 aromatic carbocycles. The fourth-order valence-electron chi connectivity index (χ4n) is 4.22. The quantitative estimate of drug-likeness (QED) is 0.334. The Morgan fingerprint density at radius 2 is 1.59 bits per heavy atom. The Labute approximate surface area is 236 Å². The van der Waals surface area contributed by atoms with Crippen LogP contribution >= 0.6 is 11.6 Å². The van der Waals surface area contributed by atoms with E-state index in [0.717, 1.165) is 33.7 Å². The highest BCUT2D eigenvalue weighted by Crippen LogP contribution is 2.22. The van der Waals surface area contributed by atoms with E-state index in [1.165, 1.54) is 4.90 Å². The lowest BCUT2D eigenvalue weighted by molar-refractivity contribution is -0.140. The maximum Gasteiger partial charge on any atom is 0.244 e. The summed E-state index contributed by atoms with van der Waals surface area (Å²) < 4.78 is 26.6. The molecule has 208 valence electrons. The molecule has 0 heterocycles. The summed E-state index contributed by atoms with van der Waals surface area (Å²) in [7, 11) is -3.82. The maximum absolute atomic E-state index is 14.0. The Kier molecular flexibility index (Phi) is 10.5. The van der Waals surface area contributed by atoms with Crippen LogP contribution < -0.4 is 9.62 Å². The fourth-order valence-corrected chi connectivity index (χ4v) is 5.20. The number of hydrogen-bond donors (Lipinski definition) is 1. The number of hydrogen-bond acceptors (Lipinski definition) is 4. The Morgan fingerprint density at radius 3 is 2.18 bits per heavy atom. The maximum atomic E-state index is 14.0. The van der Waals surface area contributed by atoms with Gasteiger partial charge in [0.15, 0.2) is 0 Å². The van der Waals surface area contributed by atoms with Gasteiger partial charge in [-0.3, -0.25) is 13.9 Å². The number of halogens is 1. The first-order valence-electron chi connectivity index (χ1n) is 12.9. The van der Waals surface area contributed by atoms with E-state index in [-0.39, 0.29) is 24.9 Å². The van der Waals surface area contributed by atoms with Crippen molar-refractivity contribution in [1.82, 2.24) is 10.2 Å². The molecule has 0 aliphatic rings. The van der Waals surface area contributed by atoms with Crippen molar-refractivity contribution in [2.75, 3.05) is 17.1 Å². The van der Waals surface area contributed by atoms with Gasteiger partial charge in [0.2, 0.25) is 21.8 Å². The number of amides is 2. The van der Waals surface area contributed by atoms with Gasteiger partial charge in [-0.15, -0.1) is 0 Å². The summed E-state index contributed by atoms with van der Waals surface area (Å²) in [6, 6.07) is 22.5. The zero-order valence-electron chi connectivity index (χ0n) is 22.8. The fraction of sp³-hybridized carbons (Fsp3) is 0.333. The molecular weight excluding hydrogens is 534 g/mol. The Bertz CT molecular complexity index is 1360. The second-order valence-corrected chi connectivity index (χ2v) is 12.1. The molecule has 3 rings (SSSR count). The van der Waals surface area contributed by atoms with Crippen molar-refractivity contribution < 1.29 is 18.0 Å². The van der Waals surface area contributed by atoms with E-state index in [2.05, 4.69) is 5.32 Å². The average molecular weight is 570 g/mol. The topological polar surface area (TPSA) is 86.8 Å². The molecule has 0 unspecified atom stereocenters. The van der Waals surface area contributed by atoms with Gasteiger partial charge in [0.25, 0.3) is 0 Å². The van der Waals surface area contributed by atoms with Crippen molar-refractivity contribution in [1.29, 1.82) is 0 Å². The van der Waals surface area contributed by atoms with E-state index in [9.17, 15) is 18.0 Å². The average Bonchev–Trinajstić information content (AvgIpc) is 2.89. The van der Waals surface area contributed by atoms with Crippen molar-refractivity contribution in [3.05, 3.63) is 101 Å². The van der Waals surface area contributed by atoms with Crippen LogP contribution in [0.3, 0.4) is 0 Å². The lowest BCUT2D eigenvalue weighted by Gasteiger charge is -2.34. The molecule has 0 aliphatic carbocycles. The Hall–Kier alpha value is -3.36. The van der Waals surface area contributed by atoms with Crippen LogP contribution in [0.2, 0.25) is 5.02 Å². The van der Waals surface area contributed by atoms with Crippen molar-refractivity contribution >= 4 is 39.1 Å². The summed E-state index contributed by atoms with van der Waals surface area (Å²) in [5, 5.41) is 3.47. The van der Waals surface area contributed by atoms with Crippen LogP contribution in [-0.2, 0) is 32.6 Å². The number of carbonyl (C=O) groups is 2. The van der Waals surface area contributed by atoms with Gasteiger partial charge in [0.1, 0.15) is 12.6 Å². The van der Waals surface area contributed by atoms with Crippen molar-refractivity contribution in [3.8, 4) is 0 Å². The van der Waals surface area contributed by atoms with Gasteiger partial charge in [-0.1, -0.05) is 78.7 Å². The highest BCUT2D eigenvalue weighted by Gasteiger charge is 2.33.